The summed E-state index contributed by atoms with van der Waals surface area (Å²) in [4.78, 5) is 6.52. The number of nitrogens with two attached hydrogens (primary N) is 1. The van der Waals surface area contributed by atoms with E-state index in [0.717, 1.165) is 30.1 Å². The van der Waals surface area contributed by atoms with E-state index in [9.17, 15) is 0 Å². The summed E-state index contributed by atoms with van der Waals surface area (Å²) in [5.74, 6) is 0.841. The fourth-order valence-corrected chi connectivity index (χ4v) is 3.03. The van der Waals surface area contributed by atoms with Crippen LogP contribution in [-0.4, -0.2) is 18.1 Å². The quantitative estimate of drug-likeness (QED) is 0.874. The molecule has 3 rings (SSSR count). The number of aromatic nitrogens is 1. The molecule has 1 aliphatic rings. The highest BCUT2D eigenvalue weighted by Gasteiger charge is 2.26. The Kier molecular flexibility index (Phi) is 3.95. The molecule has 0 bridgehead atoms. The lowest BCUT2D eigenvalue weighted by Crippen LogP contribution is -2.22. The van der Waals surface area contributed by atoms with Gasteiger partial charge in [0.05, 0.1) is 12.6 Å². The normalized spacial score (nSPS) is 18.0. The fraction of sp³-hybridized carbons (Fsp3) is 0.353. The number of benzene rings is 1. The third-order valence-electron chi connectivity index (χ3n) is 3.90. The first kappa shape index (κ1) is 13.7. The Morgan fingerprint density at radius 3 is 2.86 bits per heavy atom. The van der Waals surface area contributed by atoms with Gasteiger partial charge in [0.15, 0.2) is 0 Å². The van der Waals surface area contributed by atoms with Crippen LogP contribution in [-0.2, 0) is 0 Å². The van der Waals surface area contributed by atoms with Gasteiger partial charge in [-0.3, -0.25) is 4.98 Å². The lowest BCUT2D eigenvalue weighted by Gasteiger charge is -2.27. The van der Waals surface area contributed by atoms with Crippen molar-refractivity contribution in [3.05, 3.63) is 48.3 Å². The number of pyridine rings is 1. The van der Waals surface area contributed by atoms with E-state index < -0.39 is 0 Å². The molecule has 2 aromatic rings. The molecular formula is C17H21N3O. The molecular weight excluding hydrogens is 262 g/mol. The standard InChI is InChI=1S/C17H21N3O/c1-2-21-16-11-14(18)10-15(12-16)20-9-3-4-17(20)13-5-7-19-8-6-13/h5-8,10-12,17H,2-4,9,18H2,1H3. The smallest absolute Gasteiger partial charge is 0.123 e. The largest absolute Gasteiger partial charge is 0.494 e. The molecule has 4 heteroatoms. The molecule has 1 saturated heterocycles. The molecule has 21 heavy (non-hydrogen) atoms. The van der Waals surface area contributed by atoms with Gasteiger partial charge in [-0.15, -0.1) is 0 Å². The monoisotopic (exact) mass is 283 g/mol. The van der Waals surface area contributed by atoms with Crippen LogP contribution in [0.2, 0.25) is 0 Å². The molecule has 1 aliphatic heterocycles. The number of nitrogen functional groups attached to an aromatic ring is 1. The number of rotatable bonds is 4. The van der Waals surface area contributed by atoms with Gasteiger partial charge in [0.2, 0.25) is 0 Å². The maximum atomic E-state index is 6.02. The zero-order valence-corrected chi connectivity index (χ0v) is 12.3. The minimum atomic E-state index is 0.393. The summed E-state index contributed by atoms with van der Waals surface area (Å²) >= 11 is 0. The molecule has 0 radical (unpaired) electrons. The molecule has 1 aromatic carbocycles. The average Bonchev–Trinajstić information content (AvgIpc) is 2.97. The van der Waals surface area contributed by atoms with Crippen LogP contribution in [0.3, 0.4) is 0 Å². The summed E-state index contributed by atoms with van der Waals surface area (Å²) in [5.41, 5.74) is 9.22. The van der Waals surface area contributed by atoms with Gasteiger partial charge in [0.1, 0.15) is 5.75 Å². The highest BCUT2D eigenvalue weighted by molar-refractivity contribution is 5.62. The first-order chi connectivity index (χ1) is 10.3. The Morgan fingerprint density at radius 2 is 2.10 bits per heavy atom. The Labute approximate surface area is 125 Å². The van der Waals surface area contributed by atoms with Crippen molar-refractivity contribution in [2.75, 3.05) is 23.8 Å². The summed E-state index contributed by atoms with van der Waals surface area (Å²) in [6.07, 6.45) is 6.06. The summed E-state index contributed by atoms with van der Waals surface area (Å²) < 4.78 is 5.61. The van der Waals surface area contributed by atoms with Crippen LogP contribution in [0.5, 0.6) is 5.75 Å². The molecule has 1 unspecified atom stereocenters. The van der Waals surface area contributed by atoms with Crippen LogP contribution in [0, 0.1) is 0 Å². The van der Waals surface area contributed by atoms with Gasteiger partial charge >= 0.3 is 0 Å². The van der Waals surface area contributed by atoms with E-state index in [0.29, 0.717) is 12.6 Å². The van der Waals surface area contributed by atoms with Crippen molar-refractivity contribution in [1.82, 2.24) is 4.98 Å². The van der Waals surface area contributed by atoms with Crippen LogP contribution in [0.25, 0.3) is 0 Å². The van der Waals surface area contributed by atoms with E-state index in [1.165, 1.54) is 12.0 Å². The van der Waals surface area contributed by atoms with Crippen molar-refractivity contribution in [1.29, 1.82) is 0 Å². The zero-order chi connectivity index (χ0) is 14.7. The molecule has 0 spiro atoms. The average molecular weight is 283 g/mol. The van der Waals surface area contributed by atoms with Gasteiger partial charge in [-0.1, -0.05) is 0 Å². The topological polar surface area (TPSA) is 51.4 Å². The van der Waals surface area contributed by atoms with Gasteiger partial charge < -0.3 is 15.4 Å². The van der Waals surface area contributed by atoms with Crippen LogP contribution < -0.4 is 15.4 Å². The maximum absolute atomic E-state index is 6.02. The Bertz CT molecular complexity index is 600. The number of hydrogen-bond acceptors (Lipinski definition) is 4. The molecule has 4 nitrogen and oxygen atoms in total. The summed E-state index contributed by atoms with van der Waals surface area (Å²) in [6.45, 7) is 3.68. The van der Waals surface area contributed by atoms with Crippen LogP contribution in [0.1, 0.15) is 31.4 Å². The Morgan fingerprint density at radius 1 is 1.29 bits per heavy atom. The van der Waals surface area contributed by atoms with Crippen LogP contribution >= 0.6 is 0 Å². The lowest BCUT2D eigenvalue weighted by atomic mass is 10.1. The highest BCUT2D eigenvalue weighted by atomic mass is 16.5. The third-order valence-corrected chi connectivity index (χ3v) is 3.90. The molecule has 2 heterocycles. The van der Waals surface area contributed by atoms with Crippen molar-refractivity contribution < 1.29 is 4.74 Å². The third kappa shape index (κ3) is 2.94. The van der Waals surface area contributed by atoms with Gasteiger partial charge in [0.25, 0.3) is 0 Å². The van der Waals surface area contributed by atoms with E-state index in [-0.39, 0.29) is 0 Å². The second-order valence-corrected chi connectivity index (χ2v) is 5.33. The predicted octanol–water partition coefficient (Wildman–Crippen LogP) is 3.40. The van der Waals surface area contributed by atoms with E-state index in [1.807, 2.05) is 31.5 Å². The lowest BCUT2D eigenvalue weighted by molar-refractivity contribution is 0.340. The van der Waals surface area contributed by atoms with Crippen LogP contribution in [0.4, 0.5) is 11.4 Å². The van der Waals surface area contributed by atoms with E-state index >= 15 is 0 Å². The zero-order valence-electron chi connectivity index (χ0n) is 12.3. The van der Waals surface area contributed by atoms with E-state index in [2.05, 4.69) is 28.1 Å². The SMILES string of the molecule is CCOc1cc(N)cc(N2CCCC2c2ccncc2)c1. The van der Waals surface area contributed by atoms with Crippen molar-refractivity contribution in [2.45, 2.75) is 25.8 Å². The second-order valence-electron chi connectivity index (χ2n) is 5.33. The summed E-state index contributed by atoms with van der Waals surface area (Å²) in [6, 6.07) is 10.6. The second kappa shape index (κ2) is 6.04. The van der Waals surface area contributed by atoms with Crippen molar-refractivity contribution in [3.8, 4) is 5.75 Å². The first-order valence-corrected chi connectivity index (χ1v) is 7.48. The maximum Gasteiger partial charge on any atom is 0.123 e. The molecule has 0 aliphatic carbocycles. The Hall–Kier alpha value is -2.23. The van der Waals surface area contributed by atoms with E-state index in [1.54, 1.807) is 0 Å². The highest BCUT2D eigenvalue weighted by Crippen LogP contribution is 2.38. The van der Waals surface area contributed by atoms with Gasteiger partial charge in [-0.2, -0.15) is 0 Å². The molecule has 1 fully saturated rings. The number of anilines is 2. The first-order valence-electron chi connectivity index (χ1n) is 7.48. The van der Waals surface area contributed by atoms with Crippen molar-refractivity contribution in [3.63, 3.8) is 0 Å². The van der Waals surface area contributed by atoms with Gasteiger partial charge in [0, 0.05) is 42.4 Å². The van der Waals surface area contributed by atoms with Gasteiger partial charge in [-0.05, 0) is 43.5 Å². The predicted molar refractivity (Wildman–Crippen MR) is 85.6 cm³/mol. The summed E-state index contributed by atoms with van der Waals surface area (Å²) in [5, 5.41) is 0. The minimum Gasteiger partial charge on any atom is -0.494 e. The molecule has 110 valence electrons. The van der Waals surface area contributed by atoms with Crippen molar-refractivity contribution >= 4 is 11.4 Å². The number of hydrogen-bond donors (Lipinski definition) is 1. The minimum absolute atomic E-state index is 0.393. The summed E-state index contributed by atoms with van der Waals surface area (Å²) in [7, 11) is 0. The van der Waals surface area contributed by atoms with Gasteiger partial charge in [-0.25, -0.2) is 0 Å². The molecule has 0 saturated carbocycles. The molecule has 2 N–H and O–H groups in total. The van der Waals surface area contributed by atoms with E-state index in [4.69, 9.17) is 10.5 Å². The molecule has 1 aromatic heterocycles. The number of ether oxygens (including phenoxy) is 1. The molecule has 1 atom stereocenters. The molecule has 0 amide bonds. The Balaban J connectivity index is 1.92. The van der Waals surface area contributed by atoms with Crippen LogP contribution in [0.15, 0.2) is 42.7 Å². The number of nitrogens with zero attached hydrogens (tertiary/aromatic N) is 2. The van der Waals surface area contributed by atoms with Crippen molar-refractivity contribution in [2.24, 2.45) is 0 Å². The fourth-order valence-electron chi connectivity index (χ4n) is 3.03.